The summed E-state index contributed by atoms with van der Waals surface area (Å²) in [7, 11) is 0. The van der Waals surface area contributed by atoms with Crippen LogP contribution >= 0.6 is 0 Å². The largest absolute Gasteiger partial charge is 0.281 e. The molecule has 2 nitrogen and oxygen atoms in total. The van der Waals surface area contributed by atoms with Crippen LogP contribution < -0.4 is 5.32 Å². The van der Waals surface area contributed by atoms with E-state index < -0.39 is 5.91 Å². The van der Waals surface area contributed by atoms with Gasteiger partial charge in [0.15, 0.2) is 0 Å². The van der Waals surface area contributed by atoms with Crippen molar-refractivity contribution in [2.45, 2.75) is 0 Å². The third-order valence-corrected chi connectivity index (χ3v) is 1.26. The molecule has 0 bridgehead atoms. The Kier molecular flexibility index (Phi) is 10.9. The molecule has 1 N–H and O–H groups in total. The molecule has 0 radical (unpaired) electrons. The third-order valence-electron chi connectivity index (χ3n) is 1.26. The van der Waals surface area contributed by atoms with Gasteiger partial charge in [0.25, 0.3) is 5.91 Å². The van der Waals surface area contributed by atoms with Crippen molar-refractivity contribution in [3.8, 4) is 95.4 Å². The van der Waals surface area contributed by atoms with Crippen LogP contribution in [0, 0.1) is 95.4 Å². The van der Waals surface area contributed by atoms with Gasteiger partial charge in [0.1, 0.15) is 0 Å². The molecule has 0 aliphatic rings. The first-order valence-electron chi connectivity index (χ1n) is 5.19. The van der Waals surface area contributed by atoms with Crippen LogP contribution in [0.4, 0.5) is 0 Å². The summed E-state index contributed by atoms with van der Waals surface area (Å²) in [4.78, 5) is 10.7. The van der Waals surface area contributed by atoms with Gasteiger partial charge < -0.3 is 0 Å². The van der Waals surface area contributed by atoms with Gasteiger partial charge in [-0.05, 0) is 47.5 Å². The zero-order chi connectivity index (χ0) is 15.6. The van der Waals surface area contributed by atoms with Gasteiger partial charge in [-0.1, -0.05) is 6.58 Å². The van der Waals surface area contributed by atoms with Crippen molar-refractivity contribution in [1.29, 1.82) is 0 Å². The van der Waals surface area contributed by atoms with Crippen LogP contribution in [0.2, 0.25) is 0 Å². The highest BCUT2D eigenvalue weighted by atomic mass is 16.1. The van der Waals surface area contributed by atoms with Gasteiger partial charge in [0.05, 0.1) is 0 Å². The standard InChI is InChI=1S/C19H5NO/c1-3-5-6-7-8-9-10-11-12-13-14-15-16-17-18-20-19(21)4-2/h1,4H,2H2,(H,20,21). The maximum Gasteiger partial charge on any atom is 0.254 e. The maximum absolute atomic E-state index is 10.7. The highest BCUT2D eigenvalue weighted by molar-refractivity contribution is 5.88. The highest BCUT2D eigenvalue weighted by Gasteiger charge is 1.83. The van der Waals surface area contributed by atoms with Crippen molar-refractivity contribution >= 4 is 5.91 Å². The van der Waals surface area contributed by atoms with Crippen molar-refractivity contribution in [1.82, 2.24) is 5.32 Å². The van der Waals surface area contributed by atoms with Crippen LogP contribution in [-0.4, -0.2) is 5.91 Å². The molecule has 0 aromatic heterocycles. The summed E-state index contributed by atoms with van der Waals surface area (Å²) >= 11 is 0. The Bertz CT molecular complexity index is 892. The fraction of sp³-hybridized carbons (Fsp3) is 0. The van der Waals surface area contributed by atoms with Crippen molar-refractivity contribution in [2.75, 3.05) is 0 Å². The molecular formula is C19H5NO. The molecule has 0 aromatic carbocycles. The number of hydrogen-bond acceptors (Lipinski definition) is 1. The molecule has 0 aliphatic carbocycles. The lowest BCUT2D eigenvalue weighted by Crippen LogP contribution is -2.13. The number of terminal acetylenes is 1. The van der Waals surface area contributed by atoms with Gasteiger partial charge in [-0.15, -0.1) is 6.42 Å². The van der Waals surface area contributed by atoms with Gasteiger partial charge in [0.2, 0.25) is 0 Å². The second kappa shape index (κ2) is 13.8. The Morgan fingerprint density at radius 3 is 1.52 bits per heavy atom. The van der Waals surface area contributed by atoms with Crippen LogP contribution in [-0.2, 0) is 4.79 Å². The van der Waals surface area contributed by atoms with Crippen molar-refractivity contribution in [2.24, 2.45) is 0 Å². The third kappa shape index (κ3) is 13.6. The lowest BCUT2D eigenvalue weighted by atomic mass is 10.5. The molecule has 0 saturated carbocycles. The fourth-order valence-electron chi connectivity index (χ4n) is 0.555. The summed E-state index contributed by atoms with van der Waals surface area (Å²) in [5.74, 6) is 33.2. The van der Waals surface area contributed by atoms with Gasteiger partial charge >= 0.3 is 0 Å². The molecule has 0 heterocycles. The molecule has 0 fully saturated rings. The molecule has 0 spiro atoms. The Balaban J connectivity index is 4.29. The van der Waals surface area contributed by atoms with E-state index >= 15 is 0 Å². The molecule has 1 amide bonds. The number of nitrogens with one attached hydrogen (secondary N) is 1. The molecule has 0 unspecified atom stereocenters. The quantitative estimate of drug-likeness (QED) is 0.400. The minimum atomic E-state index is -0.395. The first-order chi connectivity index (χ1) is 10.3. The molecule has 2 heteroatoms. The summed E-state index contributed by atoms with van der Waals surface area (Å²) in [5, 5.41) is 2.23. The van der Waals surface area contributed by atoms with E-state index in [9.17, 15) is 4.79 Å². The van der Waals surface area contributed by atoms with Crippen LogP contribution in [0.1, 0.15) is 0 Å². The van der Waals surface area contributed by atoms with E-state index in [1.165, 1.54) is 0 Å². The summed E-state index contributed by atoms with van der Waals surface area (Å²) in [6, 6.07) is 2.32. The second-order valence-corrected chi connectivity index (χ2v) is 2.59. The summed E-state index contributed by atoms with van der Waals surface area (Å²) in [6.07, 6.45) is 5.99. The van der Waals surface area contributed by atoms with E-state index in [0.717, 1.165) is 6.08 Å². The number of carbonyl (C=O) groups is 1. The molecule has 0 aromatic rings. The molecule has 0 saturated heterocycles. The normalized spacial score (nSPS) is 4.71. The van der Waals surface area contributed by atoms with Crippen LogP contribution in [0.5, 0.6) is 0 Å². The van der Waals surface area contributed by atoms with E-state index in [1.54, 1.807) is 0 Å². The first-order valence-corrected chi connectivity index (χ1v) is 5.19. The molecule has 0 aliphatic heterocycles. The lowest BCUT2D eigenvalue weighted by molar-refractivity contribution is -0.115. The van der Waals surface area contributed by atoms with E-state index in [0.29, 0.717) is 0 Å². The summed E-state index contributed by atoms with van der Waals surface area (Å²) in [6.45, 7) is 3.26. The molecule has 21 heavy (non-hydrogen) atoms. The Hall–Kier alpha value is -4.31. The molecular weight excluding hydrogens is 258 g/mol. The van der Waals surface area contributed by atoms with Crippen molar-refractivity contribution < 1.29 is 4.79 Å². The van der Waals surface area contributed by atoms with E-state index in [4.69, 9.17) is 6.42 Å². The smallest absolute Gasteiger partial charge is 0.254 e. The summed E-state index contributed by atoms with van der Waals surface area (Å²) < 4.78 is 0. The van der Waals surface area contributed by atoms with Crippen molar-refractivity contribution in [3.05, 3.63) is 12.7 Å². The minimum absolute atomic E-state index is 0.395. The Morgan fingerprint density at radius 2 is 1.14 bits per heavy atom. The Labute approximate surface area is 124 Å². The monoisotopic (exact) mass is 263 g/mol. The van der Waals surface area contributed by atoms with E-state index in [-0.39, 0.29) is 0 Å². The Morgan fingerprint density at radius 1 is 0.762 bits per heavy atom. The van der Waals surface area contributed by atoms with Crippen LogP contribution in [0.25, 0.3) is 0 Å². The zero-order valence-electron chi connectivity index (χ0n) is 10.8. The number of amides is 1. The number of rotatable bonds is 1. The summed E-state index contributed by atoms with van der Waals surface area (Å²) in [5.41, 5.74) is 0. The maximum atomic E-state index is 10.7. The zero-order valence-corrected chi connectivity index (χ0v) is 10.8. The fourth-order valence-corrected chi connectivity index (χ4v) is 0.555. The highest BCUT2D eigenvalue weighted by Crippen LogP contribution is 1.61. The first kappa shape index (κ1) is 16.7. The van der Waals surface area contributed by atoms with Gasteiger partial charge in [0, 0.05) is 47.5 Å². The lowest BCUT2D eigenvalue weighted by Gasteiger charge is -1.82. The average Bonchev–Trinajstić information content (AvgIpc) is 2.50. The number of carbonyl (C=O) groups excluding carboxylic acids is 1. The average molecular weight is 263 g/mol. The second-order valence-electron chi connectivity index (χ2n) is 2.59. The van der Waals surface area contributed by atoms with Gasteiger partial charge in [-0.25, -0.2) is 0 Å². The van der Waals surface area contributed by atoms with Crippen LogP contribution in [0.15, 0.2) is 12.7 Å². The van der Waals surface area contributed by atoms with Crippen molar-refractivity contribution in [3.63, 3.8) is 0 Å². The predicted octanol–water partition coefficient (Wildman–Crippen LogP) is -0.0969. The molecule has 92 valence electrons. The molecule has 0 rings (SSSR count). The molecule has 0 atom stereocenters. The van der Waals surface area contributed by atoms with Gasteiger partial charge in [-0.2, -0.15) is 0 Å². The topological polar surface area (TPSA) is 29.1 Å². The van der Waals surface area contributed by atoms with E-state index in [2.05, 4.69) is 101 Å². The minimum Gasteiger partial charge on any atom is -0.281 e. The SMILES string of the molecule is C#CC#CC#CC#CC#CC#CC#CC#CNC(=O)C=C. The van der Waals surface area contributed by atoms with E-state index in [1.807, 2.05) is 0 Å². The van der Waals surface area contributed by atoms with Crippen LogP contribution in [0.3, 0.4) is 0 Å². The number of hydrogen-bond donors (Lipinski definition) is 1. The predicted molar refractivity (Wildman–Crippen MR) is 81.6 cm³/mol. The van der Waals surface area contributed by atoms with Gasteiger partial charge in [-0.3, -0.25) is 10.1 Å².